The Balaban J connectivity index is 2.72. The zero-order valence-corrected chi connectivity index (χ0v) is 8.90. The minimum Gasteiger partial charge on any atom is -0.463 e. The summed E-state index contributed by atoms with van der Waals surface area (Å²) in [5.41, 5.74) is 0.814. The van der Waals surface area contributed by atoms with Crippen molar-refractivity contribution in [3.63, 3.8) is 0 Å². The molecule has 1 atom stereocenters. The third-order valence-electron chi connectivity index (χ3n) is 1.84. The molecule has 1 unspecified atom stereocenters. The molecule has 1 aromatic carbocycles. The maximum absolute atomic E-state index is 11.3. The van der Waals surface area contributed by atoms with Crippen molar-refractivity contribution in [2.45, 2.75) is 0 Å². The van der Waals surface area contributed by atoms with Crippen LogP contribution in [0.3, 0.4) is 0 Å². The predicted octanol–water partition coefficient (Wildman–Crippen LogP) is 3.03. The number of rotatable bonds is 1. The van der Waals surface area contributed by atoms with Gasteiger partial charge in [0.15, 0.2) is 0 Å². The van der Waals surface area contributed by atoms with Crippen LogP contribution in [0.1, 0.15) is 10.4 Å². The Kier molecular flexibility index (Phi) is 2.44. The highest BCUT2D eigenvalue weighted by Crippen LogP contribution is 2.25. The molecular weight excluding hydrogens is 223 g/mol. The Morgan fingerprint density at radius 3 is 3.00 bits per heavy atom. The lowest BCUT2D eigenvalue weighted by atomic mass is 10.1. The van der Waals surface area contributed by atoms with Crippen LogP contribution in [0, 0.1) is 0 Å². The molecule has 0 fully saturated rings. The molecule has 0 aliphatic rings. The number of carbonyl (C=O) groups is 1. The van der Waals surface area contributed by atoms with E-state index in [1.807, 2.05) is 9.47 Å². The molecule has 0 saturated carbocycles. The van der Waals surface area contributed by atoms with Gasteiger partial charge in [-0.15, -0.1) is 0 Å². The standard InChI is InChI=1S/C9H6ClO3P/c10-6-3-5-1-2-12-8(5)7(4-6)9(11)13-14/h1-4H,14H2. The van der Waals surface area contributed by atoms with Crippen LogP contribution in [0.2, 0.25) is 5.02 Å². The fourth-order valence-corrected chi connectivity index (χ4v) is 1.61. The van der Waals surface area contributed by atoms with Crippen molar-refractivity contribution in [2.24, 2.45) is 0 Å². The van der Waals surface area contributed by atoms with Gasteiger partial charge >= 0.3 is 5.97 Å². The second-order valence-corrected chi connectivity index (χ2v) is 3.37. The fourth-order valence-electron chi connectivity index (χ4n) is 1.26. The van der Waals surface area contributed by atoms with E-state index in [-0.39, 0.29) is 0 Å². The number of fused-ring (bicyclic) bond motifs is 1. The third-order valence-corrected chi connectivity index (χ3v) is 2.28. The molecule has 0 N–H and O–H groups in total. The third kappa shape index (κ3) is 1.49. The molecule has 0 radical (unpaired) electrons. The van der Waals surface area contributed by atoms with Crippen LogP contribution in [0.15, 0.2) is 28.9 Å². The summed E-state index contributed by atoms with van der Waals surface area (Å²) in [6.45, 7) is 0. The van der Waals surface area contributed by atoms with Gasteiger partial charge < -0.3 is 8.94 Å². The number of benzene rings is 1. The molecular formula is C9H6ClO3P. The Morgan fingerprint density at radius 2 is 2.29 bits per heavy atom. The Morgan fingerprint density at radius 1 is 1.50 bits per heavy atom. The highest BCUT2D eigenvalue weighted by atomic mass is 35.5. The molecule has 1 aromatic heterocycles. The minimum absolute atomic E-state index is 0.326. The fraction of sp³-hybridized carbons (Fsp3) is 0. The van der Waals surface area contributed by atoms with Gasteiger partial charge in [0.05, 0.1) is 15.7 Å². The van der Waals surface area contributed by atoms with Crippen molar-refractivity contribution < 1.29 is 13.7 Å². The second kappa shape index (κ2) is 3.60. The van der Waals surface area contributed by atoms with Crippen LogP contribution < -0.4 is 0 Å². The van der Waals surface area contributed by atoms with Crippen LogP contribution in [0.4, 0.5) is 0 Å². The van der Waals surface area contributed by atoms with E-state index in [2.05, 4.69) is 4.52 Å². The molecule has 0 spiro atoms. The first-order valence-corrected chi connectivity index (χ1v) is 4.65. The van der Waals surface area contributed by atoms with E-state index in [9.17, 15) is 4.79 Å². The summed E-state index contributed by atoms with van der Waals surface area (Å²) in [7, 11) is 1.89. The van der Waals surface area contributed by atoms with E-state index < -0.39 is 5.97 Å². The zero-order valence-electron chi connectivity index (χ0n) is 6.99. The molecule has 3 nitrogen and oxygen atoms in total. The molecule has 14 heavy (non-hydrogen) atoms. The maximum Gasteiger partial charge on any atom is 0.344 e. The average Bonchev–Trinajstić information content (AvgIpc) is 2.62. The number of hydrogen-bond acceptors (Lipinski definition) is 3. The smallest absolute Gasteiger partial charge is 0.344 e. The molecule has 0 amide bonds. The van der Waals surface area contributed by atoms with E-state index in [4.69, 9.17) is 16.0 Å². The summed E-state index contributed by atoms with van der Waals surface area (Å²) in [4.78, 5) is 11.3. The van der Waals surface area contributed by atoms with E-state index in [0.717, 1.165) is 5.39 Å². The number of carbonyl (C=O) groups excluding carboxylic acids is 1. The Labute approximate surface area is 87.3 Å². The molecule has 0 saturated heterocycles. The largest absolute Gasteiger partial charge is 0.463 e. The van der Waals surface area contributed by atoms with Gasteiger partial charge in [0.1, 0.15) is 11.1 Å². The first-order valence-electron chi connectivity index (χ1n) is 3.80. The van der Waals surface area contributed by atoms with Gasteiger partial charge in [-0.05, 0) is 18.2 Å². The summed E-state index contributed by atoms with van der Waals surface area (Å²) in [6.07, 6.45) is 1.50. The molecule has 1 heterocycles. The zero-order chi connectivity index (χ0) is 10.1. The SMILES string of the molecule is O=C(OP)c1cc(Cl)cc2ccoc12. The van der Waals surface area contributed by atoms with Gasteiger partial charge in [-0.25, -0.2) is 4.79 Å². The van der Waals surface area contributed by atoms with Crippen LogP contribution in [0.25, 0.3) is 11.0 Å². The van der Waals surface area contributed by atoms with E-state index in [0.29, 0.717) is 16.2 Å². The molecule has 5 heteroatoms. The van der Waals surface area contributed by atoms with Gasteiger partial charge in [0.2, 0.25) is 0 Å². The van der Waals surface area contributed by atoms with Gasteiger partial charge in [-0.2, -0.15) is 0 Å². The summed E-state index contributed by atoms with van der Waals surface area (Å²) in [5, 5.41) is 1.26. The maximum atomic E-state index is 11.3. The van der Waals surface area contributed by atoms with Gasteiger partial charge in [0.25, 0.3) is 0 Å². The molecule has 72 valence electrons. The van der Waals surface area contributed by atoms with Crippen molar-refractivity contribution in [2.75, 3.05) is 0 Å². The van der Waals surface area contributed by atoms with Gasteiger partial charge in [0, 0.05) is 10.4 Å². The van der Waals surface area contributed by atoms with E-state index >= 15 is 0 Å². The van der Waals surface area contributed by atoms with Crippen molar-refractivity contribution in [3.8, 4) is 0 Å². The van der Waals surface area contributed by atoms with E-state index in [1.54, 1.807) is 12.1 Å². The highest BCUT2D eigenvalue weighted by Gasteiger charge is 2.14. The average molecular weight is 229 g/mol. The lowest BCUT2D eigenvalue weighted by Crippen LogP contribution is -1.97. The number of hydrogen-bond donors (Lipinski definition) is 0. The molecule has 2 rings (SSSR count). The van der Waals surface area contributed by atoms with Crippen molar-refractivity contribution >= 4 is 38.0 Å². The topological polar surface area (TPSA) is 39.4 Å². The summed E-state index contributed by atoms with van der Waals surface area (Å²) in [6, 6.07) is 4.97. The molecule has 2 aromatic rings. The summed E-state index contributed by atoms with van der Waals surface area (Å²) >= 11 is 5.83. The number of furan rings is 1. The first kappa shape index (κ1) is 9.50. The van der Waals surface area contributed by atoms with Gasteiger partial charge in [-0.1, -0.05) is 11.6 Å². The monoisotopic (exact) mass is 228 g/mol. The van der Waals surface area contributed by atoms with Crippen LogP contribution in [-0.2, 0) is 4.52 Å². The molecule has 0 aliphatic carbocycles. The lowest BCUT2D eigenvalue weighted by Gasteiger charge is -2.00. The highest BCUT2D eigenvalue weighted by molar-refractivity contribution is 7.10. The normalized spacial score (nSPS) is 10.4. The Hall–Kier alpha value is -1.05. The van der Waals surface area contributed by atoms with E-state index in [1.165, 1.54) is 12.3 Å². The van der Waals surface area contributed by atoms with Crippen LogP contribution >= 0.6 is 21.1 Å². The van der Waals surface area contributed by atoms with Gasteiger partial charge in [-0.3, -0.25) is 0 Å². The quantitative estimate of drug-likeness (QED) is 0.705. The van der Waals surface area contributed by atoms with Crippen LogP contribution in [-0.4, -0.2) is 5.97 Å². The summed E-state index contributed by atoms with van der Waals surface area (Å²) < 4.78 is 9.69. The van der Waals surface area contributed by atoms with Crippen molar-refractivity contribution in [1.29, 1.82) is 0 Å². The van der Waals surface area contributed by atoms with Crippen molar-refractivity contribution in [3.05, 3.63) is 35.0 Å². The predicted molar refractivity (Wildman–Crippen MR) is 56.3 cm³/mol. The lowest BCUT2D eigenvalue weighted by molar-refractivity contribution is 0.0766. The van der Waals surface area contributed by atoms with Crippen molar-refractivity contribution in [1.82, 2.24) is 0 Å². The second-order valence-electron chi connectivity index (χ2n) is 2.70. The first-order chi connectivity index (χ1) is 6.72. The minimum atomic E-state index is -0.488. The molecule has 0 bridgehead atoms. The molecule has 0 aliphatic heterocycles. The van der Waals surface area contributed by atoms with Crippen LogP contribution in [0.5, 0.6) is 0 Å². The Bertz CT molecular complexity index is 492. The number of halogens is 1. The summed E-state index contributed by atoms with van der Waals surface area (Å²) in [5.74, 6) is -0.488.